The maximum Gasteiger partial charge on any atom is 0.419 e. The number of hydrogen-bond donors (Lipinski definition) is 5. The van der Waals surface area contributed by atoms with Crippen LogP contribution in [0.1, 0.15) is 88.1 Å². The molecule has 11 nitrogen and oxygen atoms in total. The fourth-order valence-corrected chi connectivity index (χ4v) is 7.86. The molecule has 3 aromatic rings. The van der Waals surface area contributed by atoms with Gasteiger partial charge in [-0.25, -0.2) is 9.36 Å². The molecule has 0 bridgehead atoms. The van der Waals surface area contributed by atoms with E-state index in [1.807, 2.05) is 44.1 Å². The number of ether oxygens (including phenoxy) is 2. The molecule has 3 fully saturated rings. The van der Waals surface area contributed by atoms with E-state index in [1.54, 1.807) is 4.57 Å². The van der Waals surface area contributed by atoms with Crippen molar-refractivity contribution in [1.29, 1.82) is 5.41 Å². The van der Waals surface area contributed by atoms with Crippen molar-refractivity contribution in [3.05, 3.63) is 65.0 Å². The monoisotopic (exact) mass is 702 g/mol. The second-order valence-corrected chi connectivity index (χ2v) is 15.7. The first kappa shape index (κ1) is 34.7. The first-order valence-corrected chi connectivity index (χ1v) is 18.6. The van der Waals surface area contributed by atoms with E-state index in [4.69, 9.17) is 26.5 Å². The largest absolute Gasteiger partial charge is 0.443 e. The Bertz CT molecular complexity index is 1750. The molecule has 3 aliphatic heterocycles. The lowest BCUT2D eigenvalue weighted by molar-refractivity contribution is 0.0343. The number of anilines is 2. The van der Waals surface area contributed by atoms with Crippen molar-refractivity contribution in [1.82, 2.24) is 25.4 Å². The Labute approximate surface area is 300 Å². The average molecular weight is 703 g/mol. The zero-order valence-corrected chi connectivity index (χ0v) is 30.3. The number of nitrogens with one attached hydrogen (secondary N) is 5. The number of likely N-dealkylation sites (tertiary alicyclic amines) is 1. The van der Waals surface area contributed by atoms with E-state index in [0.717, 1.165) is 95.9 Å². The number of halogens is 1. The van der Waals surface area contributed by atoms with E-state index >= 15 is 0 Å². The quantitative estimate of drug-likeness (QED) is 0.104. The second-order valence-electron chi connectivity index (χ2n) is 15.3. The number of rotatable bonds is 11. The first-order valence-electron chi connectivity index (χ1n) is 18.1. The molecular formula is C38H51ClN8O3. The Morgan fingerprint density at radius 2 is 2.00 bits per heavy atom. The summed E-state index contributed by atoms with van der Waals surface area (Å²) in [7, 11) is 0. The van der Waals surface area contributed by atoms with Gasteiger partial charge in [-0.2, -0.15) is 0 Å². The Morgan fingerprint density at radius 3 is 2.70 bits per heavy atom. The van der Waals surface area contributed by atoms with E-state index in [-0.39, 0.29) is 12.3 Å². The summed E-state index contributed by atoms with van der Waals surface area (Å²) in [5, 5.41) is 18.3. The number of nitrogens with zero attached hydrogens (tertiary/aromatic N) is 3. The van der Waals surface area contributed by atoms with Gasteiger partial charge in [0.25, 0.3) is 0 Å². The molecule has 4 aliphatic rings. The van der Waals surface area contributed by atoms with Crippen molar-refractivity contribution >= 4 is 51.9 Å². The highest BCUT2D eigenvalue weighted by molar-refractivity contribution is 6.18. The number of alkyl halides is 1. The van der Waals surface area contributed by atoms with Crippen LogP contribution in [0.4, 0.5) is 16.2 Å². The molecule has 1 saturated carbocycles. The van der Waals surface area contributed by atoms with Crippen LogP contribution in [0.5, 0.6) is 0 Å². The molecule has 1 unspecified atom stereocenters. The van der Waals surface area contributed by atoms with E-state index < -0.39 is 5.60 Å². The van der Waals surface area contributed by atoms with Crippen molar-refractivity contribution in [2.45, 2.75) is 90.6 Å². The number of hydrazine groups is 2. The number of aromatic nitrogens is 1. The van der Waals surface area contributed by atoms with Gasteiger partial charge in [-0.05, 0) is 101 Å². The molecule has 0 radical (unpaired) electrons. The average Bonchev–Trinajstić information content (AvgIpc) is 3.80. The third-order valence-corrected chi connectivity index (χ3v) is 10.5. The van der Waals surface area contributed by atoms with Crippen molar-refractivity contribution < 1.29 is 14.3 Å². The predicted molar refractivity (Wildman–Crippen MR) is 200 cm³/mol. The van der Waals surface area contributed by atoms with Gasteiger partial charge in [0.1, 0.15) is 11.8 Å². The molecule has 5 N–H and O–H groups in total. The summed E-state index contributed by atoms with van der Waals surface area (Å²) >= 11 is 6.01. The van der Waals surface area contributed by atoms with Crippen molar-refractivity contribution in [2.24, 2.45) is 5.41 Å². The fraction of sp³-hybridized carbons (Fsp3) is 0.526. The van der Waals surface area contributed by atoms with Crippen LogP contribution >= 0.6 is 11.6 Å². The van der Waals surface area contributed by atoms with Gasteiger partial charge in [-0.3, -0.25) is 9.91 Å². The highest BCUT2D eigenvalue weighted by atomic mass is 35.5. The van der Waals surface area contributed by atoms with Gasteiger partial charge < -0.3 is 30.9 Å². The molecule has 1 spiro atoms. The Balaban J connectivity index is 1.15. The van der Waals surface area contributed by atoms with Crippen LogP contribution in [0.25, 0.3) is 16.6 Å². The topological polar surface area (TPSA) is 119 Å². The molecule has 12 heteroatoms. The highest BCUT2D eigenvalue weighted by Crippen LogP contribution is 2.48. The summed E-state index contributed by atoms with van der Waals surface area (Å²) in [6.45, 7) is 10.5. The first-order chi connectivity index (χ1) is 24.1. The summed E-state index contributed by atoms with van der Waals surface area (Å²) in [5.41, 5.74) is 13.6. The van der Waals surface area contributed by atoms with Crippen LogP contribution in [0.2, 0.25) is 0 Å². The van der Waals surface area contributed by atoms with Crippen LogP contribution in [-0.4, -0.2) is 70.7 Å². The SMILES string of the molecule is CC(C)(C)OC(=O)n1c(CN2CCC3(CCC3)C2)cc2ccc(CN3C=C(c4cc(NCCCl)cc(NC5CCCCO5)c4C=N)NN3)cc21. The van der Waals surface area contributed by atoms with E-state index in [9.17, 15) is 4.79 Å². The molecule has 0 amide bonds. The van der Waals surface area contributed by atoms with Crippen LogP contribution in [0, 0.1) is 10.8 Å². The normalized spacial score (nSPS) is 20.4. The van der Waals surface area contributed by atoms with Gasteiger partial charge in [0, 0.05) is 78.1 Å². The number of hydrogen-bond acceptors (Lipinski definition) is 10. The highest BCUT2D eigenvalue weighted by Gasteiger charge is 2.42. The Kier molecular flexibility index (Phi) is 10.0. The molecule has 50 heavy (non-hydrogen) atoms. The van der Waals surface area contributed by atoms with Crippen LogP contribution < -0.4 is 21.6 Å². The third-order valence-electron chi connectivity index (χ3n) is 10.3. The number of fused-ring (bicyclic) bond motifs is 1. The lowest BCUT2D eigenvalue weighted by Gasteiger charge is -2.38. The lowest BCUT2D eigenvalue weighted by atomic mass is 9.68. The van der Waals surface area contributed by atoms with Gasteiger partial charge in [0.2, 0.25) is 0 Å². The van der Waals surface area contributed by atoms with Crippen LogP contribution in [0.3, 0.4) is 0 Å². The summed E-state index contributed by atoms with van der Waals surface area (Å²) in [6.07, 6.45) is 11.3. The second kappa shape index (κ2) is 14.5. The Hall–Kier alpha value is -3.77. The minimum atomic E-state index is -0.608. The van der Waals surface area contributed by atoms with Gasteiger partial charge in [-0.15, -0.1) is 17.1 Å². The summed E-state index contributed by atoms with van der Waals surface area (Å²) in [4.78, 5) is 16.2. The van der Waals surface area contributed by atoms with Gasteiger partial charge in [-0.1, -0.05) is 18.6 Å². The summed E-state index contributed by atoms with van der Waals surface area (Å²) in [5.74, 6) is 0.481. The van der Waals surface area contributed by atoms with Crippen molar-refractivity contribution in [2.75, 3.05) is 42.8 Å². The van der Waals surface area contributed by atoms with Gasteiger partial charge in [0.15, 0.2) is 0 Å². The van der Waals surface area contributed by atoms with E-state index in [0.29, 0.717) is 24.4 Å². The summed E-state index contributed by atoms with van der Waals surface area (Å²) in [6, 6.07) is 12.5. The summed E-state index contributed by atoms with van der Waals surface area (Å²) < 4.78 is 13.7. The molecular weight excluding hydrogens is 652 g/mol. The maximum absolute atomic E-state index is 13.7. The van der Waals surface area contributed by atoms with Crippen LogP contribution in [-0.2, 0) is 22.6 Å². The molecule has 1 aromatic heterocycles. The lowest BCUT2D eigenvalue weighted by Crippen LogP contribution is -2.35. The molecule has 4 heterocycles. The zero-order chi connectivity index (χ0) is 34.9. The fourth-order valence-electron chi connectivity index (χ4n) is 7.76. The van der Waals surface area contributed by atoms with Crippen molar-refractivity contribution in [3.63, 3.8) is 0 Å². The molecule has 1 aliphatic carbocycles. The smallest absolute Gasteiger partial charge is 0.419 e. The van der Waals surface area contributed by atoms with Gasteiger partial charge in [0.05, 0.1) is 17.8 Å². The number of carbonyl (C=O) groups is 1. The predicted octanol–water partition coefficient (Wildman–Crippen LogP) is 7.21. The zero-order valence-electron chi connectivity index (χ0n) is 29.5. The molecule has 1 atom stereocenters. The molecule has 2 saturated heterocycles. The molecule has 2 aromatic carbocycles. The number of carbonyl (C=O) groups excluding carboxylic acids is 1. The molecule has 268 valence electrons. The minimum Gasteiger partial charge on any atom is -0.443 e. The van der Waals surface area contributed by atoms with E-state index in [2.05, 4.69) is 50.8 Å². The minimum absolute atomic E-state index is 0.0940. The van der Waals surface area contributed by atoms with E-state index in [1.165, 1.54) is 31.9 Å². The molecule has 7 rings (SSSR count). The third kappa shape index (κ3) is 7.61. The Morgan fingerprint density at radius 1 is 1.14 bits per heavy atom. The van der Waals surface area contributed by atoms with Crippen LogP contribution in [0.15, 0.2) is 42.6 Å². The number of benzene rings is 2. The van der Waals surface area contributed by atoms with Crippen molar-refractivity contribution in [3.8, 4) is 0 Å². The maximum atomic E-state index is 13.7. The van der Waals surface area contributed by atoms with Gasteiger partial charge >= 0.3 is 6.09 Å². The standard InChI is InChI=1S/C38H51ClN8O3/c1-37(2,3)50-36(48)47-29(23-45-15-12-38(25-45)10-6-11-38)18-27-9-8-26(17-34(27)47)22-46-24-33(43-44-46)30-19-28(41-14-13-39)20-32(31(30)21-40)42-35-7-4-5-16-49-35/h8-9,17-21,24,35,40-44H,4-7,10-16,22-23,25H2,1-3H3.